The first-order chi connectivity index (χ1) is 8.54. The number of hydrogen-bond acceptors (Lipinski definition) is 3. The van der Waals surface area contributed by atoms with Crippen molar-refractivity contribution in [3.05, 3.63) is 36.8 Å². The molecular formula is C12H33BO3Si3. The summed E-state index contributed by atoms with van der Waals surface area (Å²) in [6, 6.07) is 0. The monoisotopic (exact) mass is 320 g/mol. The van der Waals surface area contributed by atoms with Crippen LogP contribution in [0.25, 0.3) is 0 Å². The lowest BCUT2D eigenvalue weighted by atomic mass is 10.3. The molecule has 0 heterocycles. The Bertz CT molecular complexity index is 167. The topological polar surface area (TPSA) is 60.7 Å². The molecule has 0 rings (SSSR count). The van der Waals surface area contributed by atoms with E-state index in [1.807, 2.05) is 0 Å². The molecule has 0 aliphatic carbocycles. The van der Waals surface area contributed by atoms with Crippen LogP contribution in [0.1, 0.15) is 0 Å². The largest absolute Gasteiger partial charge is 0.631 e. The molecule has 0 atom stereocenters. The average molecular weight is 320 g/mol. The van der Waals surface area contributed by atoms with Crippen LogP contribution >= 0.6 is 0 Å². The molecule has 0 unspecified atom stereocenters. The molecule has 0 aromatic rings. The van der Waals surface area contributed by atoms with Crippen molar-refractivity contribution in [3.8, 4) is 0 Å². The van der Waals surface area contributed by atoms with E-state index < -0.39 is 7.32 Å². The van der Waals surface area contributed by atoms with E-state index in [-0.39, 0.29) is 26.4 Å². The Labute approximate surface area is 125 Å². The second-order valence-electron chi connectivity index (χ2n) is 4.79. The lowest BCUT2D eigenvalue weighted by Gasteiger charge is -1.81. The van der Waals surface area contributed by atoms with E-state index in [0.29, 0.717) is 0 Å². The summed E-state index contributed by atoms with van der Waals surface area (Å²) < 4.78 is 0. The normalized spacial score (nSPS) is 8.21. The van der Waals surface area contributed by atoms with E-state index in [1.54, 1.807) is 0 Å². The van der Waals surface area contributed by atoms with E-state index in [1.165, 1.54) is 0 Å². The zero-order valence-corrected chi connectivity index (χ0v) is 17.0. The molecule has 0 amide bonds. The van der Waals surface area contributed by atoms with Gasteiger partial charge in [-0.1, -0.05) is 39.3 Å². The summed E-state index contributed by atoms with van der Waals surface area (Å²) in [4.78, 5) is 0. The molecular weight excluding hydrogens is 287 g/mol. The highest BCUT2D eigenvalue weighted by Crippen LogP contribution is 1.74. The molecule has 3 N–H and O–H groups in total. The molecule has 0 aliphatic rings. The van der Waals surface area contributed by atoms with Crippen molar-refractivity contribution < 1.29 is 15.1 Å². The first kappa shape index (κ1) is 27.2. The van der Waals surface area contributed by atoms with Crippen molar-refractivity contribution in [1.82, 2.24) is 0 Å². The molecule has 0 bridgehead atoms. The lowest BCUT2D eigenvalue weighted by Crippen LogP contribution is -2.07. The molecule has 0 fully saturated rings. The molecule has 114 valence electrons. The third-order valence-corrected chi connectivity index (χ3v) is 4.24. The van der Waals surface area contributed by atoms with Gasteiger partial charge in [-0.25, -0.2) is 0 Å². The van der Waals surface area contributed by atoms with Gasteiger partial charge in [0.1, 0.15) is 0 Å². The first-order valence-electron chi connectivity index (χ1n) is 6.46. The molecule has 0 aromatic carbocycles. The summed E-state index contributed by atoms with van der Waals surface area (Å²) >= 11 is 0. The minimum Gasteiger partial charge on any atom is -0.402 e. The van der Waals surface area contributed by atoms with Crippen LogP contribution < -0.4 is 0 Å². The minimum atomic E-state index is -2.17. The van der Waals surface area contributed by atoms with Crippen molar-refractivity contribution in [2.24, 2.45) is 0 Å². The average Bonchev–Trinajstić information content (AvgIpc) is 2.29. The highest BCUT2D eigenvalue weighted by Gasteiger charge is 1.92. The molecule has 0 spiro atoms. The third-order valence-electron chi connectivity index (χ3n) is 1.41. The minimum absolute atomic E-state index is 0.386. The Kier molecular flexibility index (Phi) is 32.9. The standard InChI is InChI=1S/3C4H10Si.BH3O3/c3*1-4-5(2)3;2-1(3)4/h3*4-5H,1H2,2-3H3;2-4H. The Balaban J connectivity index is -0.0000000793. The highest BCUT2D eigenvalue weighted by molar-refractivity contribution is 6.61. The van der Waals surface area contributed by atoms with E-state index in [0.717, 1.165) is 0 Å². The number of rotatable bonds is 3. The van der Waals surface area contributed by atoms with Crippen molar-refractivity contribution in [2.45, 2.75) is 39.3 Å². The summed E-state index contributed by atoms with van der Waals surface area (Å²) in [5.41, 5.74) is 6.17. The van der Waals surface area contributed by atoms with Gasteiger partial charge in [0.15, 0.2) is 0 Å². The van der Waals surface area contributed by atoms with Gasteiger partial charge in [-0.3, -0.25) is 0 Å². The van der Waals surface area contributed by atoms with Crippen LogP contribution in [0, 0.1) is 0 Å². The second-order valence-corrected chi connectivity index (χ2v) is 13.7. The quantitative estimate of drug-likeness (QED) is 0.691. The SMILES string of the molecule is C=C[SiH](C)C.C=C[SiH](C)C.C=C[SiH](C)C.OB(O)O. The van der Waals surface area contributed by atoms with Gasteiger partial charge in [0.05, 0.1) is 26.4 Å². The van der Waals surface area contributed by atoms with Gasteiger partial charge >= 0.3 is 7.32 Å². The summed E-state index contributed by atoms with van der Waals surface area (Å²) in [6.07, 6.45) is 0. The molecule has 3 nitrogen and oxygen atoms in total. The Morgan fingerprint density at radius 2 is 0.684 bits per heavy atom. The van der Waals surface area contributed by atoms with Gasteiger partial charge in [-0.15, -0.1) is 36.8 Å². The molecule has 0 saturated heterocycles. The summed E-state index contributed by atoms with van der Waals surface area (Å²) in [6.45, 7) is 24.3. The fraction of sp³-hybridized carbons (Fsp3) is 0.500. The van der Waals surface area contributed by atoms with Crippen LogP contribution in [0.5, 0.6) is 0 Å². The Hall–Kier alpha value is -0.184. The molecule has 0 radical (unpaired) electrons. The maximum Gasteiger partial charge on any atom is 0.631 e. The Morgan fingerprint density at radius 1 is 0.632 bits per heavy atom. The predicted molar refractivity (Wildman–Crippen MR) is 99.6 cm³/mol. The maximum absolute atomic E-state index is 7.17. The molecule has 7 heteroatoms. The smallest absolute Gasteiger partial charge is 0.402 e. The third kappa shape index (κ3) is 132. The molecule has 0 aliphatic heterocycles. The van der Waals surface area contributed by atoms with Crippen LogP contribution in [0.15, 0.2) is 36.8 Å². The van der Waals surface area contributed by atoms with Gasteiger partial charge in [0, 0.05) is 0 Å². The molecule has 19 heavy (non-hydrogen) atoms. The first-order valence-corrected chi connectivity index (χ1v) is 15.4. The maximum atomic E-state index is 7.17. The van der Waals surface area contributed by atoms with Gasteiger partial charge in [-0.05, 0) is 0 Å². The van der Waals surface area contributed by atoms with Gasteiger partial charge in [-0.2, -0.15) is 0 Å². The van der Waals surface area contributed by atoms with Crippen LogP contribution in [0.2, 0.25) is 39.3 Å². The zero-order valence-electron chi connectivity index (χ0n) is 13.5. The van der Waals surface area contributed by atoms with Crippen LogP contribution in [0.3, 0.4) is 0 Å². The fourth-order valence-corrected chi connectivity index (χ4v) is 0. The van der Waals surface area contributed by atoms with Crippen LogP contribution in [0.4, 0.5) is 0 Å². The molecule has 0 aromatic heterocycles. The zero-order chi connectivity index (χ0) is 16.4. The molecule has 0 saturated carbocycles. The Morgan fingerprint density at radius 3 is 0.684 bits per heavy atom. The van der Waals surface area contributed by atoms with Crippen molar-refractivity contribution in [1.29, 1.82) is 0 Å². The van der Waals surface area contributed by atoms with Crippen molar-refractivity contribution in [3.63, 3.8) is 0 Å². The van der Waals surface area contributed by atoms with Crippen LogP contribution in [-0.4, -0.2) is 48.8 Å². The van der Waals surface area contributed by atoms with Gasteiger partial charge in [0.2, 0.25) is 0 Å². The summed E-state index contributed by atoms with van der Waals surface area (Å²) in [7, 11) is -3.32. The van der Waals surface area contributed by atoms with Crippen molar-refractivity contribution in [2.75, 3.05) is 0 Å². The highest BCUT2D eigenvalue weighted by atomic mass is 28.3. The van der Waals surface area contributed by atoms with Gasteiger partial charge in [0.25, 0.3) is 0 Å². The van der Waals surface area contributed by atoms with E-state index in [9.17, 15) is 0 Å². The predicted octanol–water partition coefficient (Wildman–Crippen LogP) is 1.54. The fourth-order valence-electron chi connectivity index (χ4n) is 0. The summed E-state index contributed by atoms with van der Waals surface area (Å²) in [5.74, 6) is 0. The van der Waals surface area contributed by atoms with Crippen LogP contribution in [-0.2, 0) is 0 Å². The lowest BCUT2D eigenvalue weighted by molar-refractivity contribution is 0.278. The second kappa shape index (κ2) is 23.0. The van der Waals surface area contributed by atoms with Crippen molar-refractivity contribution >= 4 is 33.7 Å². The summed E-state index contributed by atoms with van der Waals surface area (Å²) in [5, 5.41) is 21.5. The number of hydrogen-bond donors (Lipinski definition) is 3. The van der Waals surface area contributed by atoms with E-state index in [2.05, 4.69) is 76.1 Å². The van der Waals surface area contributed by atoms with E-state index >= 15 is 0 Å². The van der Waals surface area contributed by atoms with Gasteiger partial charge < -0.3 is 15.1 Å². The van der Waals surface area contributed by atoms with E-state index in [4.69, 9.17) is 15.1 Å².